The molecule has 1 aliphatic heterocycles. The second-order valence-corrected chi connectivity index (χ2v) is 5.50. The van der Waals surface area contributed by atoms with Crippen LogP contribution in [0.3, 0.4) is 0 Å². The average Bonchev–Trinajstić information content (AvgIpc) is 2.83. The molecule has 0 saturated carbocycles. The second kappa shape index (κ2) is 6.28. The highest BCUT2D eigenvalue weighted by atomic mass is 79.9. The fourth-order valence-corrected chi connectivity index (χ4v) is 2.71. The molecule has 0 saturated heterocycles. The molecule has 0 amide bonds. The van der Waals surface area contributed by atoms with Crippen LogP contribution < -0.4 is 14.8 Å². The minimum Gasteiger partial charge on any atom is -0.490 e. The van der Waals surface area contributed by atoms with Gasteiger partial charge in [-0.2, -0.15) is 5.10 Å². The minimum atomic E-state index is 0.697. The van der Waals surface area contributed by atoms with Gasteiger partial charge in [-0.3, -0.25) is 5.10 Å². The molecular weight excluding hydrogens is 322 g/mol. The molecule has 2 N–H and O–H groups in total. The molecule has 2 aromatic rings. The van der Waals surface area contributed by atoms with E-state index < -0.39 is 0 Å². The van der Waals surface area contributed by atoms with E-state index in [4.69, 9.17) is 9.47 Å². The van der Waals surface area contributed by atoms with Crippen molar-refractivity contribution >= 4 is 15.9 Å². The van der Waals surface area contributed by atoms with Gasteiger partial charge in [-0.25, -0.2) is 0 Å². The van der Waals surface area contributed by atoms with E-state index in [-0.39, 0.29) is 0 Å². The average molecular weight is 338 g/mol. The van der Waals surface area contributed by atoms with Crippen molar-refractivity contribution in [2.45, 2.75) is 19.5 Å². The predicted molar refractivity (Wildman–Crippen MR) is 78.9 cm³/mol. The summed E-state index contributed by atoms with van der Waals surface area (Å²) in [7, 11) is 0. The number of nitrogens with one attached hydrogen (secondary N) is 2. The van der Waals surface area contributed by atoms with Crippen LogP contribution in [0.1, 0.15) is 17.7 Å². The Bertz CT molecular complexity index is 572. The lowest BCUT2D eigenvalue weighted by atomic mass is 10.2. The first-order chi connectivity index (χ1) is 9.83. The van der Waals surface area contributed by atoms with E-state index in [9.17, 15) is 0 Å². The van der Waals surface area contributed by atoms with Crippen LogP contribution in [0.5, 0.6) is 11.5 Å². The lowest BCUT2D eigenvalue weighted by molar-refractivity contribution is 0.296. The van der Waals surface area contributed by atoms with Crippen LogP contribution in [0.15, 0.2) is 28.9 Å². The number of hydrogen-bond donors (Lipinski definition) is 2. The van der Waals surface area contributed by atoms with E-state index >= 15 is 0 Å². The topological polar surface area (TPSA) is 59.2 Å². The summed E-state index contributed by atoms with van der Waals surface area (Å²) in [6.45, 7) is 2.91. The zero-order valence-corrected chi connectivity index (χ0v) is 12.6. The van der Waals surface area contributed by atoms with E-state index in [0.717, 1.165) is 46.7 Å². The zero-order valence-electron chi connectivity index (χ0n) is 11.0. The molecule has 0 unspecified atom stereocenters. The molecule has 6 heteroatoms. The van der Waals surface area contributed by atoms with Gasteiger partial charge in [0.05, 0.1) is 17.7 Å². The smallest absolute Gasteiger partial charge is 0.175 e. The normalized spacial score (nSPS) is 14.1. The standard InChI is InChI=1S/C14H16BrN3O2/c15-12-6-10(8-16-9-11-2-3-17-18-11)7-13-14(12)20-5-1-4-19-13/h2-3,6-7,16H,1,4-5,8-9H2,(H,17,18). The molecule has 0 atom stereocenters. The summed E-state index contributed by atoms with van der Waals surface area (Å²) in [6, 6.07) is 6.05. The van der Waals surface area contributed by atoms with Gasteiger partial charge in [-0.1, -0.05) is 0 Å². The van der Waals surface area contributed by atoms with E-state index in [1.165, 1.54) is 0 Å². The van der Waals surface area contributed by atoms with Gasteiger partial charge in [0.1, 0.15) is 0 Å². The van der Waals surface area contributed by atoms with Crippen LogP contribution in [0.2, 0.25) is 0 Å². The highest BCUT2D eigenvalue weighted by Gasteiger charge is 2.15. The van der Waals surface area contributed by atoms with Crippen molar-refractivity contribution in [3.63, 3.8) is 0 Å². The first-order valence-corrected chi connectivity index (χ1v) is 7.39. The number of aromatic nitrogens is 2. The van der Waals surface area contributed by atoms with Gasteiger partial charge >= 0.3 is 0 Å². The van der Waals surface area contributed by atoms with E-state index in [0.29, 0.717) is 13.2 Å². The first kappa shape index (κ1) is 13.5. The van der Waals surface area contributed by atoms with Crippen LogP contribution in [0.25, 0.3) is 0 Å². The third kappa shape index (κ3) is 3.13. The van der Waals surface area contributed by atoms with Crippen molar-refractivity contribution in [1.29, 1.82) is 0 Å². The Morgan fingerprint density at radius 3 is 3.00 bits per heavy atom. The summed E-state index contributed by atoms with van der Waals surface area (Å²) < 4.78 is 12.4. The Balaban J connectivity index is 1.67. The van der Waals surface area contributed by atoms with Crippen molar-refractivity contribution in [3.05, 3.63) is 40.1 Å². The van der Waals surface area contributed by atoms with Crippen LogP contribution in [0.4, 0.5) is 0 Å². The molecule has 0 fully saturated rings. The number of ether oxygens (including phenoxy) is 2. The van der Waals surface area contributed by atoms with Crippen molar-refractivity contribution in [2.75, 3.05) is 13.2 Å². The third-order valence-electron chi connectivity index (χ3n) is 3.06. The van der Waals surface area contributed by atoms with Gasteiger partial charge in [0, 0.05) is 31.4 Å². The number of hydrogen-bond acceptors (Lipinski definition) is 4. The molecule has 0 aliphatic carbocycles. The third-order valence-corrected chi connectivity index (χ3v) is 3.65. The number of fused-ring (bicyclic) bond motifs is 1. The van der Waals surface area contributed by atoms with E-state index in [1.807, 2.05) is 12.1 Å². The van der Waals surface area contributed by atoms with E-state index in [2.05, 4.69) is 37.5 Å². The van der Waals surface area contributed by atoms with Crippen LogP contribution in [-0.2, 0) is 13.1 Å². The maximum Gasteiger partial charge on any atom is 0.175 e. The number of H-pyrrole nitrogens is 1. The maximum absolute atomic E-state index is 5.72. The number of nitrogens with zero attached hydrogens (tertiary/aromatic N) is 1. The fourth-order valence-electron chi connectivity index (χ4n) is 2.11. The SMILES string of the molecule is Brc1cc(CNCc2ccn[nH]2)cc2c1OCCCO2. The lowest BCUT2D eigenvalue weighted by Gasteiger charge is -2.12. The summed E-state index contributed by atoms with van der Waals surface area (Å²) in [6.07, 6.45) is 2.66. The Morgan fingerprint density at radius 1 is 1.25 bits per heavy atom. The van der Waals surface area contributed by atoms with Gasteiger partial charge < -0.3 is 14.8 Å². The molecule has 3 rings (SSSR count). The first-order valence-electron chi connectivity index (χ1n) is 6.60. The predicted octanol–water partition coefficient (Wildman–Crippen LogP) is 2.62. The van der Waals surface area contributed by atoms with Crippen molar-refractivity contribution in [2.24, 2.45) is 0 Å². The number of halogens is 1. The molecule has 0 radical (unpaired) electrons. The molecule has 5 nitrogen and oxygen atoms in total. The molecule has 1 aromatic heterocycles. The second-order valence-electron chi connectivity index (χ2n) is 4.64. The van der Waals surface area contributed by atoms with Crippen LogP contribution in [0, 0.1) is 0 Å². The highest BCUT2D eigenvalue weighted by molar-refractivity contribution is 9.10. The van der Waals surface area contributed by atoms with E-state index in [1.54, 1.807) is 6.20 Å². The van der Waals surface area contributed by atoms with Crippen molar-refractivity contribution in [3.8, 4) is 11.5 Å². The number of benzene rings is 1. The number of aromatic amines is 1. The molecule has 1 aromatic carbocycles. The fraction of sp³-hybridized carbons (Fsp3) is 0.357. The summed E-state index contributed by atoms with van der Waals surface area (Å²) in [5.74, 6) is 1.62. The van der Waals surface area contributed by atoms with Gasteiger partial charge in [0.25, 0.3) is 0 Å². The molecule has 2 heterocycles. The van der Waals surface area contributed by atoms with Gasteiger partial charge in [0.15, 0.2) is 11.5 Å². The monoisotopic (exact) mass is 337 g/mol. The molecule has 106 valence electrons. The molecule has 20 heavy (non-hydrogen) atoms. The maximum atomic E-state index is 5.72. The molecule has 0 spiro atoms. The quantitative estimate of drug-likeness (QED) is 0.900. The summed E-state index contributed by atoms with van der Waals surface area (Å²) >= 11 is 3.55. The molecule has 1 aliphatic rings. The zero-order chi connectivity index (χ0) is 13.8. The Morgan fingerprint density at radius 2 is 2.15 bits per heavy atom. The Kier molecular flexibility index (Phi) is 4.22. The summed E-state index contributed by atoms with van der Waals surface area (Å²) in [5, 5.41) is 10.2. The van der Waals surface area contributed by atoms with Crippen molar-refractivity contribution < 1.29 is 9.47 Å². The highest BCUT2D eigenvalue weighted by Crippen LogP contribution is 2.38. The van der Waals surface area contributed by atoms with Crippen LogP contribution in [-0.4, -0.2) is 23.4 Å². The number of rotatable bonds is 4. The Hall–Kier alpha value is -1.53. The van der Waals surface area contributed by atoms with Gasteiger partial charge in [-0.05, 0) is 39.7 Å². The van der Waals surface area contributed by atoms with Gasteiger partial charge in [0.2, 0.25) is 0 Å². The molecule has 0 bridgehead atoms. The Labute approximate surface area is 125 Å². The largest absolute Gasteiger partial charge is 0.490 e. The van der Waals surface area contributed by atoms with Crippen LogP contribution >= 0.6 is 15.9 Å². The van der Waals surface area contributed by atoms with Crippen molar-refractivity contribution in [1.82, 2.24) is 15.5 Å². The van der Waals surface area contributed by atoms with Gasteiger partial charge in [-0.15, -0.1) is 0 Å². The summed E-state index contributed by atoms with van der Waals surface area (Å²) in [4.78, 5) is 0. The minimum absolute atomic E-state index is 0.697. The lowest BCUT2D eigenvalue weighted by Crippen LogP contribution is -2.13. The summed E-state index contributed by atoms with van der Waals surface area (Å²) in [5.41, 5.74) is 2.22. The molecular formula is C14H16BrN3O2.